The molecule has 1 aromatic heterocycles. The van der Waals surface area contributed by atoms with Gasteiger partial charge in [0.1, 0.15) is 0 Å². The average Bonchev–Trinajstić information content (AvgIpc) is 2.98. The smallest absolute Gasteiger partial charge is 0.287 e. The average molecular weight is 268 g/mol. The van der Waals surface area contributed by atoms with Gasteiger partial charge in [0.15, 0.2) is 5.76 Å². The first-order chi connectivity index (χ1) is 9.22. The van der Waals surface area contributed by atoms with E-state index in [4.69, 9.17) is 14.3 Å². The largest absolute Gasteiger partial charge is 0.459 e. The zero-order valence-electron chi connectivity index (χ0n) is 10.4. The number of carbonyl (C=O) groups is 2. The van der Waals surface area contributed by atoms with Crippen LogP contribution in [0, 0.1) is 0 Å². The Morgan fingerprint density at radius 2 is 2.37 bits per heavy atom. The predicted molar refractivity (Wildman–Crippen MR) is 64.4 cm³/mol. The second-order valence-electron chi connectivity index (χ2n) is 4.16. The Bertz CT molecular complexity index is 431. The first-order valence-corrected chi connectivity index (χ1v) is 6.02. The van der Waals surface area contributed by atoms with Crippen LogP contribution in [0.1, 0.15) is 10.6 Å². The van der Waals surface area contributed by atoms with Gasteiger partial charge in [0.2, 0.25) is 5.91 Å². The Morgan fingerprint density at radius 1 is 1.53 bits per heavy atom. The maximum absolute atomic E-state index is 12.0. The molecule has 0 spiro atoms. The van der Waals surface area contributed by atoms with Crippen LogP contribution in [0.5, 0.6) is 0 Å². The lowest BCUT2D eigenvalue weighted by Crippen LogP contribution is -2.53. The summed E-state index contributed by atoms with van der Waals surface area (Å²) in [6.45, 7) is 0.886. The lowest BCUT2D eigenvalue weighted by Gasteiger charge is -2.34. The Balaban J connectivity index is 1.85. The van der Waals surface area contributed by atoms with Crippen LogP contribution in [-0.4, -0.2) is 60.8 Å². The van der Waals surface area contributed by atoms with E-state index in [0.717, 1.165) is 0 Å². The molecular weight excluding hydrogens is 252 g/mol. The molecule has 1 unspecified atom stereocenters. The van der Waals surface area contributed by atoms with Gasteiger partial charge in [0, 0.05) is 6.54 Å². The third-order valence-electron chi connectivity index (χ3n) is 2.90. The summed E-state index contributed by atoms with van der Waals surface area (Å²) in [6.07, 6.45) is 1.39. The summed E-state index contributed by atoms with van der Waals surface area (Å²) in [5, 5.41) is 11.6. The van der Waals surface area contributed by atoms with Crippen LogP contribution in [0.4, 0.5) is 0 Å². The number of amides is 2. The van der Waals surface area contributed by atoms with E-state index in [1.807, 2.05) is 0 Å². The molecule has 0 bridgehead atoms. The second-order valence-corrected chi connectivity index (χ2v) is 4.16. The monoisotopic (exact) mass is 268 g/mol. The molecule has 0 saturated carbocycles. The summed E-state index contributed by atoms with van der Waals surface area (Å²) in [7, 11) is 0. The fraction of sp³-hybridized carbons (Fsp3) is 0.500. The molecule has 2 amide bonds. The molecule has 2 heterocycles. The number of nitrogens with one attached hydrogen (secondary N) is 1. The molecule has 1 atom stereocenters. The predicted octanol–water partition coefficient (Wildman–Crippen LogP) is -0.771. The van der Waals surface area contributed by atoms with E-state index in [9.17, 15) is 9.59 Å². The maximum Gasteiger partial charge on any atom is 0.287 e. The van der Waals surface area contributed by atoms with Gasteiger partial charge in [-0.15, -0.1) is 0 Å². The van der Waals surface area contributed by atoms with Crippen molar-refractivity contribution in [2.45, 2.75) is 6.04 Å². The molecular formula is C12H16N2O5. The van der Waals surface area contributed by atoms with E-state index in [1.165, 1.54) is 17.2 Å². The highest BCUT2D eigenvalue weighted by molar-refractivity contribution is 5.94. The topological polar surface area (TPSA) is 92.0 Å². The first kappa shape index (κ1) is 13.6. The van der Waals surface area contributed by atoms with Gasteiger partial charge in [0.05, 0.1) is 38.7 Å². The van der Waals surface area contributed by atoms with Crippen molar-refractivity contribution in [1.29, 1.82) is 0 Å². The second kappa shape index (κ2) is 6.35. The van der Waals surface area contributed by atoms with E-state index >= 15 is 0 Å². The van der Waals surface area contributed by atoms with Crippen molar-refractivity contribution in [3.05, 3.63) is 24.2 Å². The number of nitrogens with zero attached hydrogens (tertiary/aromatic N) is 1. The zero-order chi connectivity index (χ0) is 13.7. The van der Waals surface area contributed by atoms with Crippen LogP contribution >= 0.6 is 0 Å². The number of furan rings is 1. The standard InChI is InChI=1S/C12H16N2O5/c15-7-9-8-18-5-3-14(9)11(16)6-13-12(17)10-2-1-4-19-10/h1-2,4,9,15H,3,5-8H2,(H,13,17). The van der Waals surface area contributed by atoms with Gasteiger partial charge in [-0.2, -0.15) is 0 Å². The van der Waals surface area contributed by atoms with E-state index in [0.29, 0.717) is 19.8 Å². The van der Waals surface area contributed by atoms with Gasteiger partial charge in [-0.05, 0) is 12.1 Å². The number of rotatable bonds is 4. The minimum atomic E-state index is -0.438. The third-order valence-corrected chi connectivity index (χ3v) is 2.90. The molecule has 0 aromatic carbocycles. The van der Waals surface area contributed by atoms with E-state index < -0.39 is 5.91 Å². The third kappa shape index (κ3) is 3.33. The molecule has 0 radical (unpaired) electrons. The fourth-order valence-electron chi connectivity index (χ4n) is 1.89. The number of morpholine rings is 1. The minimum absolute atomic E-state index is 0.129. The Kier molecular flexibility index (Phi) is 4.53. The fourth-order valence-corrected chi connectivity index (χ4v) is 1.89. The Hall–Kier alpha value is -1.86. The van der Waals surface area contributed by atoms with Crippen molar-refractivity contribution in [2.75, 3.05) is 32.9 Å². The Morgan fingerprint density at radius 3 is 3.05 bits per heavy atom. The van der Waals surface area contributed by atoms with Crippen molar-refractivity contribution in [1.82, 2.24) is 10.2 Å². The SMILES string of the molecule is O=C(NCC(=O)N1CCOCC1CO)c1ccco1. The van der Waals surface area contributed by atoms with Crippen molar-refractivity contribution in [2.24, 2.45) is 0 Å². The molecule has 7 nitrogen and oxygen atoms in total. The summed E-state index contributed by atoms with van der Waals surface area (Å²) >= 11 is 0. The molecule has 19 heavy (non-hydrogen) atoms. The molecule has 7 heteroatoms. The van der Waals surface area contributed by atoms with Crippen molar-refractivity contribution >= 4 is 11.8 Å². The highest BCUT2D eigenvalue weighted by Gasteiger charge is 2.26. The minimum Gasteiger partial charge on any atom is -0.459 e. The van der Waals surface area contributed by atoms with E-state index in [-0.39, 0.29) is 30.9 Å². The van der Waals surface area contributed by atoms with E-state index in [2.05, 4.69) is 5.32 Å². The first-order valence-electron chi connectivity index (χ1n) is 6.02. The molecule has 2 rings (SSSR count). The Labute approximate surface area is 110 Å². The summed E-state index contributed by atoms with van der Waals surface area (Å²) in [4.78, 5) is 25.1. The van der Waals surface area contributed by atoms with Crippen LogP contribution in [0.2, 0.25) is 0 Å². The van der Waals surface area contributed by atoms with Crippen LogP contribution in [0.15, 0.2) is 22.8 Å². The van der Waals surface area contributed by atoms with Crippen molar-refractivity contribution < 1.29 is 23.8 Å². The molecule has 2 N–H and O–H groups in total. The molecule has 1 fully saturated rings. The van der Waals surface area contributed by atoms with Gasteiger partial charge in [-0.3, -0.25) is 9.59 Å². The lowest BCUT2D eigenvalue weighted by molar-refractivity contribution is -0.140. The number of aliphatic hydroxyl groups excluding tert-OH is 1. The molecule has 1 aliphatic rings. The van der Waals surface area contributed by atoms with Gasteiger partial charge < -0.3 is 24.5 Å². The summed E-state index contributed by atoms with van der Waals surface area (Å²) in [6, 6.07) is 2.77. The van der Waals surface area contributed by atoms with Crippen LogP contribution < -0.4 is 5.32 Å². The molecule has 1 aliphatic heterocycles. The van der Waals surface area contributed by atoms with Gasteiger partial charge in [-0.25, -0.2) is 0 Å². The van der Waals surface area contributed by atoms with Crippen LogP contribution in [0.25, 0.3) is 0 Å². The van der Waals surface area contributed by atoms with E-state index in [1.54, 1.807) is 6.07 Å². The number of hydrogen-bond donors (Lipinski definition) is 2. The number of ether oxygens (including phenoxy) is 1. The summed E-state index contributed by atoms with van der Waals surface area (Å²) < 4.78 is 10.1. The van der Waals surface area contributed by atoms with Crippen LogP contribution in [0.3, 0.4) is 0 Å². The zero-order valence-corrected chi connectivity index (χ0v) is 10.4. The number of carbonyl (C=O) groups excluding carboxylic acids is 2. The van der Waals surface area contributed by atoms with Crippen molar-refractivity contribution in [3.63, 3.8) is 0 Å². The molecule has 1 saturated heterocycles. The van der Waals surface area contributed by atoms with Gasteiger partial charge in [0.25, 0.3) is 5.91 Å². The maximum atomic E-state index is 12.0. The molecule has 0 aliphatic carbocycles. The number of hydrogen-bond acceptors (Lipinski definition) is 5. The lowest BCUT2D eigenvalue weighted by atomic mass is 10.2. The van der Waals surface area contributed by atoms with Gasteiger partial charge >= 0.3 is 0 Å². The van der Waals surface area contributed by atoms with Crippen LogP contribution in [-0.2, 0) is 9.53 Å². The quantitative estimate of drug-likeness (QED) is 0.748. The van der Waals surface area contributed by atoms with Gasteiger partial charge in [-0.1, -0.05) is 0 Å². The highest BCUT2D eigenvalue weighted by Crippen LogP contribution is 2.06. The normalized spacial score (nSPS) is 19.2. The summed E-state index contributed by atoms with van der Waals surface area (Å²) in [5.74, 6) is -0.525. The molecule has 1 aromatic rings. The van der Waals surface area contributed by atoms with Crippen molar-refractivity contribution in [3.8, 4) is 0 Å². The summed E-state index contributed by atoms with van der Waals surface area (Å²) in [5.41, 5.74) is 0. The highest BCUT2D eigenvalue weighted by atomic mass is 16.5. The molecule has 104 valence electrons. The number of aliphatic hydroxyl groups is 1.